The molecule has 6 heteroatoms. The van der Waals surface area contributed by atoms with Crippen LogP contribution >= 0.6 is 15.9 Å². The van der Waals surface area contributed by atoms with Gasteiger partial charge < -0.3 is 9.47 Å². The van der Waals surface area contributed by atoms with Crippen molar-refractivity contribution in [2.45, 2.75) is 32.4 Å². The van der Waals surface area contributed by atoms with Crippen LogP contribution in [0.4, 0.5) is 4.79 Å². The normalized spacial score (nSPS) is 18.1. The SMILES string of the molecule is CC(C)(C)OC(=O)N1C[C@H]1COc1cncc(Br)c1. The highest BCUT2D eigenvalue weighted by molar-refractivity contribution is 9.10. The Hall–Kier alpha value is -1.30. The number of hydrogen-bond donors (Lipinski definition) is 0. The molecule has 1 aromatic rings. The van der Waals surface area contributed by atoms with Crippen LogP contribution in [0.1, 0.15) is 20.8 Å². The summed E-state index contributed by atoms with van der Waals surface area (Å²) in [6.45, 7) is 6.70. The summed E-state index contributed by atoms with van der Waals surface area (Å²) >= 11 is 3.33. The zero-order valence-corrected chi connectivity index (χ0v) is 12.8. The molecule has 0 unspecified atom stereocenters. The molecular weight excluding hydrogens is 312 g/mol. The van der Waals surface area contributed by atoms with Crippen molar-refractivity contribution in [1.82, 2.24) is 9.88 Å². The maximum atomic E-state index is 11.7. The second-order valence-corrected chi connectivity index (χ2v) is 6.35. The minimum atomic E-state index is -0.459. The van der Waals surface area contributed by atoms with Gasteiger partial charge in [-0.2, -0.15) is 0 Å². The molecular formula is C13H17BrN2O3. The largest absolute Gasteiger partial charge is 0.490 e. The summed E-state index contributed by atoms with van der Waals surface area (Å²) in [5.41, 5.74) is -0.459. The Morgan fingerprint density at radius 1 is 1.53 bits per heavy atom. The maximum absolute atomic E-state index is 11.7. The van der Waals surface area contributed by atoms with Crippen LogP contribution in [0.2, 0.25) is 0 Å². The number of rotatable bonds is 3. The molecule has 1 saturated heterocycles. The Morgan fingerprint density at radius 2 is 2.26 bits per heavy atom. The average Bonchev–Trinajstić information content (AvgIpc) is 3.03. The van der Waals surface area contributed by atoms with E-state index in [2.05, 4.69) is 20.9 Å². The molecule has 0 N–H and O–H groups in total. The molecule has 0 radical (unpaired) electrons. The predicted molar refractivity (Wildman–Crippen MR) is 74.2 cm³/mol. The molecule has 1 fully saturated rings. The molecule has 2 rings (SSSR count). The highest BCUT2D eigenvalue weighted by Crippen LogP contribution is 2.23. The minimum absolute atomic E-state index is 0.0915. The smallest absolute Gasteiger partial charge is 0.410 e. The van der Waals surface area contributed by atoms with Gasteiger partial charge in [0, 0.05) is 17.2 Å². The molecule has 1 aliphatic heterocycles. The van der Waals surface area contributed by atoms with Crippen molar-refractivity contribution in [2.24, 2.45) is 0 Å². The Labute approximate surface area is 121 Å². The second kappa shape index (κ2) is 5.36. The van der Waals surface area contributed by atoms with E-state index in [9.17, 15) is 4.79 Å². The first-order valence-electron chi connectivity index (χ1n) is 6.08. The van der Waals surface area contributed by atoms with Gasteiger partial charge in [0.05, 0.1) is 12.2 Å². The van der Waals surface area contributed by atoms with Gasteiger partial charge in [0.15, 0.2) is 0 Å². The van der Waals surface area contributed by atoms with Crippen molar-refractivity contribution >= 4 is 22.0 Å². The Morgan fingerprint density at radius 3 is 2.89 bits per heavy atom. The summed E-state index contributed by atoms with van der Waals surface area (Å²) in [4.78, 5) is 17.4. The fourth-order valence-electron chi connectivity index (χ4n) is 1.53. The average molecular weight is 329 g/mol. The number of carbonyl (C=O) groups is 1. The van der Waals surface area contributed by atoms with Crippen molar-refractivity contribution in [3.8, 4) is 5.75 Å². The number of hydrogen-bond acceptors (Lipinski definition) is 4. The van der Waals surface area contributed by atoms with Crippen LogP contribution in [-0.2, 0) is 4.74 Å². The summed E-state index contributed by atoms with van der Waals surface area (Å²) < 4.78 is 11.7. The standard InChI is InChI=1S/C13H17BrN2O3/c1-13(2,3)19-12(17)16-7-10(16)8-18-11-4-9(14)5-15-6-11/h4-6,10H,7-8H2,1-3H3/t10-,16?/m0/s1. The zero-order chi connectivity index (χ0) is 14.0. The summed E-state index contributed by atoms with van der Waals surface area (Å²) in [6, 6.07) is 1.93. The summed E-state index contributed by atoms with van der Waals surface area (Å²) in [5.74, 6) is 0.686. The molecule has 1 aromatic heterocycles. The maximum Gasteiger partial charge on any atom is 0.410 e. The zero-order valence-electron chi connectivity index (χ0n) is 11.2. The fourth-order valence-corrected chi connectivity index (χ4v) is 1.87. The van der Waals surface area contributed by atoms with E-state index >= 15 is 0 Å². The van der Waals surface area contributed by atoms with E-state index in [-0.39, 0.29) is 12.1 Å². The highest BCUT2D eigenvalue weighted by Gasteiger charge is 2.41. The molecule has 0 aromatic carbocycles. The van der Waals surface area contributed by atoms with Crippen LogP contribution in [0.5, 0.6) is 5.75 Å². The lowest BCUT2D eigenvalue weighted by Gasteiger charge is -2.19. The van der Waals surface area contributed by atoms with E-state index in [1.165, 1.54) is 0 Å². The molecule has 5 nitrogen and oxygen atoms in total. The lowest BCUT2D eigenvalue weighted by molar-refractivity contribution is 0.0398. The third-order valence-electron chi connectivity index (χ3n) is 2.46. The van der Waals surface area contributed by atoms with Crippen LogP contribution in [0.25, 0.3) is 0 Å². The van der Waals surface area contributed by atoms with Gasteiger partial charge in [-0.3, -0.25) is 9.88 Å². The molecule has 0 spiro atoms. The first-order chi connectivity index (χ1) is 8.85. The quantitative estimate of drug-likeness (QED) is 0.800. The van der Waals surface area contributed by atoms with Crippen molar-refractivity contribution in [3.05, 3.63) is 22.9 Å². The number of pyridine rings is 1. The summed E-state index contributed by atoms with van der Waals surface area (Å²) in [5, 5.41) is 0. The first-order valence-corrected chi connectivity index (χ1v) is 6.87. The number of amides is 1. The van der Waals surface area contributed by atoms with Gasteiger partial charge in [-0.05, 0) is 42.8 Å². The van der Waals surface area contributed by atoms with E-state index in [4.69, 9.17) is 9.47 Å². The Kier molecular flexibility index (Phi) is 3.99. The summed E-state index contributed by atoms with van der Waals surface area (Å²) in [7, 11) is 0. The van der Waals surface area contributed by atoms with Crippen LogP contribution < -0.4 is 4.74 Å². The molecule has 0 saturated carbocycles. The van der Waals surface area contributed by atoms with Gasteiger partial charge in [0.25, 0.3) is 0 Å². The third-order valence-corrected chi connectivity index (χ3v) is 2.90. The highest BCUT2D eigenvalue weighted by atomic mass is 79.9. The molecule has 1 amide bonds. The van der Waals surface area contributed by atoms with E-state index in [0.717, 1.165) is 4.47 Å². The number of ether oxygens (including phenoxy) is 2. The third kappa shape index (κ3) is 4.38. The molecule has 0 aliphatic carbocycles. The molecule has 1 atom stereocenters. The molecule has 1 aliphatic rings. The van der Waals surface area contributed by atoms with Gasteiger partial charge in [-0.1, -0.05) is 0 Å². The number of aromatic nitrogens is 1. The first kappa shape index (κ1) is 14.1. The van der Waals surface area contributed by atoms with Gasteiger partial charge in [0.2, 0.25) is 0 Å². The summed E-state index contributed by atoms with van der Waals surface area (Å²) in [6.07, 6.45) is 3.05. The number of halogens is 1. The van der Waals surface area contributed by atoms with Crippen molar-refractivity contribution in [1.29, 1.82) is 0 Å². The Balaban J connectivity index is 1.77. The minimum Gasteiger partial charge on any atom is -0.490 e. The van der Waals surface area contributed by atoms with Gasteiger partial charge in [-0.15, -0.1) is 0 Å². The second-order valence-electron chi connectivity index (χ2n) is 5.44. The van der Waals surface area contributed by atoms with Crippen LogP contribution in [-0.4, -0.2) is 40.8 Å². The van der Waals surface area contributed by atoms with E-state index in [1.54, 1.807) is 17.3 Å². The van der Waals surface area contributed by atoms with E-state index in [1.807, 2.05) is 26.8 Å². The monoisotopic (exact) mass is 328 g/mol. The number of carbonyl (C=O) groups excluding carboxylic acids is 1. The topological polar surface area (TPSA) is 51.4 Å². The van der Waals surface area contributed by atoms with E-state index < -0.39 is 5.60 Å². The lowest BCUT2D eigenvalue weighted by Crippen LogP contribution is -2.28. The Bertz CT molecular complexity index is 473. The van der Waals surface area contributed by atoms with Gasteiger partial charge in [0.1, 0.15) is 18.0 Å². The van der Waals surface area contributed by atoms with E-state index in [0.29, 0.717) is 18.9 Å². The molecule has 19 heavy (non-hydrogen) atoms. The van der Waals surface area contributed by atoms with Gasteiger partial charge >= 0.3 is 6.09 Å². The van der Waals surface area contributed by atoms with Crippen LogP contribution in [0.3, 0.4) is 0 Å². The molecule has 104 valence electrons. The van der Waals surface area contributed by atoms with Crippen LogP contribution in [0.15, 0.2) is 22.9 Å². The van der Waals surface area contributed by atoms with Crippen LogP contribution in [0, 0.1) is 0 Å². The fraction of sp³-hybridized carbons (Fsp3) is 0.538. The number of nitrogens with zero attached hydrogens (tertiary/aromatic N) is 2. The predicted octanol–water partition coefficient (Wildman–Crippen LogP) is 2.84. The van der Waals surface area contributed by atoms with Crippen molar-refractivity contribution < 1.29 is 14.3 Å². The van der Waals surface area contributed by atoms with Gasteiger partial charge in [-0.25, -0.2) is 4.79 Å². The van der Waals surface area contributed by atoms with Crippen molar-refractivity contribution in [3.63, 3.8) is 0 Å². The van der Waals surface area contributed by atoms with Crippen molar-refractivity contribution in [2.75, 3.05) is 13.2 Å². The molecule has 0 bridgehead atoms. The lowest BCUT2D eigenvalue weighted by atomic mass is 10.2. The molecule has 2 heterocycles.